The van der Waals surface area contributed by atoms with Crippen LogP contribution >= 0.6 is 0 Å². The van der Waals surface area contributed by atoms with Crippen molar-refractivity contribution < 1.29 is 9.90 Å². The molecule has 46 valence electrons. The molecule has 0 rings (SSSR count). The van der Waals surface area contributed by atoms with Gasteiger partial charge in [-0.25, -0.2) is 0 Å². The number of hydrogen-bond acceptors (Lipinski definition) is 2. The number of carbonyl (C=O) groups is 1. The van der Waals surface area contributed by atoms with Gasteiger partial charge >= 0.3 is 5.97 Å². The van der Waals surface area contributed by atoms with Crippen molar-refractivity contribution in [3.8, 4) is 0 Å². The molecule has 0 amide bonds. The Morgan fingerprint density at radius 2 is 2.50 bits per heavy atom. The minimum Gasteiger partial charge on any atom is -0.480 e. The van der Waals surface area contributed by atoms with E-state index in [1.807, 2.05) is 0 Å². The highest BCUT2D eigenvalue weighted by atomic mass is 16.4. The second-order valence-electron chi connectivity index (χ2n) is 1.43. The molecule has 0 heterocycles. The van der Waals surface area contributed by atoms with Crippen LogP contribution in [0.5, 0.6) is 0 Å². The third kappa shape index (κ3) is 2.23. The number of rotatable bonds is 3. The van der Waals surface area contributed by atoms with Crippen LogP contribution in [0.15, 0.2) is 12.8 Å². The Bertz CT molecular complexity index is 101. The molecule has 0 aliphatic carbocycles. The quantitative estimate of drug-likeness (QED) is 0.552. The summed E-state index contributed by atoms with van der Waals surface area (Å²) < 4.78 is 0. The molecule has 0 aliphatic heterocycles. The summed E-state index contributed by atoms with van der Waals surface area (Å²) in [6.07, 6.45) is 1.36. The van der Waals surface area contributed by atoms with E-state index in [1.54, 1.807) is 6.92 Å². The minimum absolute atomic E-state index is 0.535. The second-order valence-corrected chi connectivity index (χ2v) is 1.43. The Balaban J connectivity index is 3.46. The smallest absolute Gasteiger partial charge is 0.325 e. The Labute approximate surface area is 48.0 Å². The van der Waals surface area contributed by atoms with Crippen molar-refractivity contribution in [3.05, 3.63) is 12.8 Å². The van der Waals surface area contributed by atoms with Crippen LogP contribution < -0.4 is 5.32 Å². The normalized spacial score (nSPS) is 12.1. The summed E-state index contributed by atoms with van der Waals surface area (Å²) in [4.78, 5) is 9.98. The van der Waals surface area contributed by atoms with Crippen LogP contribution in [0.3, 0.4) is 0 Å². The fourth-order valence-corrected chi connectivity index (χ4v) is 0.248. The average Bonchev–Trinajstić information content (AvgIpc) is 1.67. The van der Waals surface area contributed by atoms with Gasteiger partial charge in [-0.05, 0) is 13.1 Å². The highest BCUT2D eigenvalue weighted by Gasteiger charge is 2.05. The zero-order chi connectivity index (χ0) is 6.57. The van der Waals surface area contributed by atoms with Gasteiger partial charge in [0.25, 0.3) is 0 Å². The number of carboxylic acid groups (broad SMARTS) is 1. The molecule has 0 fully saturated rings. The summed E-state index contributed by atoms with van der Waals surface area (Å²) in [5.41, 5.74) is 0. The molecule has 0 radical (unpaired) electrons. The maximum Gasteiger partial charge on any atom is 0.325 e. The molecule has 0 aromatic rings. The van der Waals surface area contributed by atoms with E-state index in [0.29, 0.717) is 0 Å². The zero-order valence-electron chi connectivity index (χ0n) is 4.72. The Hall–Kier alpha value is -0.990. The van der Waals surface area contributed by atoms with Crippen molar-refractivity contribution in [2.24, 2.45) is 0 Å². The van der Waals surface area contributed by atoms with Crippen molar-refractivity contribution >= 4 is 5.97 Å². The van der Waals surface area contributed by atoms with Crippen LogP contribution in [-0.4, -0.2) is 17.1 Å². The van der Waals surface area contributed by atoms with E-state index in [1.165, 1.54) is 6.20 Å². The van der Waals surface area contributed by atoms with E-state index in [-0.39, 0.29) is 0 Å². The van der Waals surface area contributed by atoms with Gasteiger partial charge in [-0.2, -0.15) is 0 Å². The fraction of sp³-hybridized carbons (Fsp3) is 0.400. The molecule has 3 nitrogen and oxygen atoms in total. The van der Waals surface area contributed by atoms with Crippen LogP contribution in [0, 0.1) is 0 Å². The molecule has 3 heteroatoms. The molecule has 0 saturated heterocycles. The van der Waals surface area contributed by atoms with Gasteiger partial charge in [0.2, 0.25) is 0 Å². The number of hydrogen-bond donors (Lipinski definition) is 2. The molecule has 8 heavy (non-hydrogen) atoms. The van der Waals surface area contributed by atoms with Gasteiger partial charge in [0.15, 0.2) is 0 Å². The summed E-state index contributed by atoms with van der Waals surface area (Å²) in [7, 11) is 0. The first kappa shape index (κ1) is 7.01. The van der Waals surface area contributed by atoms with E-state index in [2.05, 4.69) is 11.9 Å². The lowest BCUT2D eigenvalue weighted by Crippen LogP contribution is -2.29. The van der Waals surface area contributed by atoms with Gasteiger partial charge in [-0.1, -0.05) is 6.58 Å². The second kappa shape index (κ2) is 3.07. The van der Waals surface area contributed by atoms with Crippen molar-refractivity contribution in [2.45, 2.75) is 13.0 Å². The summed E-state index contributed by atoms with van der Waals surface area (Å²) in [6, 6.07) is -0.535. The van der Waals surface area contributed by atoms with Gasteiger partial charge in [0, 0.05) is 0 Å². The van der Waals surface area contributed by atoms with Gasteiger partial charge in [0.05, 0.1) is 0 Å². The van der Waals surface area contributed by atoms with Crippen LogP contribution in [0.2, 0.25) is 0 Å². The highest BCUT2D eigenvalue weighted by Crippen LogP contribution is 1.77. The third-order valence-electron chi connectivity index (χ3n) is 0.738. The van der Waals surface area contributed by atoms with E-state index < -0.39 is 12.0 Å². The lowest BCUT2D eigenvalue weighted by atomic mass is 10.4. The van der Waals surface area contributed by atoms with E-state index in [0.717, 1.165) is 0 Å². The molecule has 0 saturated carbocycles. The molecule has 0 aliphatic rings. The Morgan fingerprint density at radius 1 is 2.00 bits per heavy atom. The molecular formula is C5H9NO2. The van der Waals surface area contributed by atoms with Gasteiger partial charge in [-0.3, -0.25) is 4.79 Å². The Morgan fingerprint density at radius 3 is 2.62 bits per heavy atom. The summed E-state index contributed by atoms with van der Waals surface area (Å²) >= 11 is 0. The summed E-state index contributed by atoms with van der Waals surface area (Å²) in [5, 5.41) is 10.7. The first-order valence-electron chi connectivity index (χ1n) is 2.28. The first-order chi connectivity index (χ1) is 3.68. The van der Waals surface area contributed by atoms with E-state index in [9.17, 15) is 4.79 Å². The molecule has 0 bridgehead atoms. The van der Waals surface area contributed by atoms with E-state index >= 15 is 0 Å². The molecular weight excluding hydrogens is 106 g/mol. The molecule has 0 aromatic heterocycles. The van der Waals surface area contributed by atoms with Crippen LogP contribution in [0.4, 0.5) is 0 Å². The van der Waals surface area contributed by atoms with Gasteiger partial charge in [-0.15, -0.1) is 0 Å². The summed E-state index contributed by atoms with van der Waals surface area (Å²) in [6.45, 7) is 4.85. The van der Waals surface area contributed by atoms with E-state index in [4.69, 9.17) is 5.11 Å². The lowest BCUT2D eigenvalue weighted by molar-refractivity contribution is -0.138. The first-order valence-corrected chi connectivity index (χ1v) is 2.28. The van der Waals surface area contributed by atoms with Crippen molar-refractivity contribution in [1.82, 2.24) is 5.32 Å². The number of aliphatic carboxylic acids is 1. The summed E-state index contributed by atoms with van der Waals surface area (Å²) in [5.74, 6) is -0.870. The standard InChI is InChI=1S/C5H9NO2/c1-3-6-4(2)5(7)8/h3-4,6H,1H2,2H3,(H,7,8)/t4-/m1/s1. The molecule has 0 spiro atoms. The van der Waals surface area contributed by atoms with Crippen LogP contribution in [0.25, 0.3) is 0 Å². The van der Waals surface area contributed by atoms with Crippen molar-refractivity contribution in [3.63, 3.8) is 0 Å². The minimum atomic E-state index is -0.870. The monoisotopic (exact) mass is 115 g/mol. The SMILES string of the molecule is C=CN[C@H](C)C(=O)O. The zero-order valence-corrected chi connectivity index (χ0v) is 4.72. The topological polar surface area (TPSA) is 49.3 Å². The van der Waals surface area contributed by atoms with Crippen molar-refractivity contribution in [1.29, 1.82) is 0 Å². The van der Waals surface area contributed by atoms with Gasteiger partial charge in [0.1, 0.15) is 6.04 Å². The highest BCUT2D eigenvalue weighted by molar-refractivity contribution is 5.72. The Kier molecular flexibility index (Phi) is 2.69. The molecule has 1 atom stereocenters. The predicted molar refractivity (Wildman–Crippen MR) is 30.4 cm³/mol. The fourth-order valence-electron chi connectivity index (χ4n) is 0.248. The number of nitrogens with one attached hydrogen (secondary N) is 1. The molecule has 0 aromatic carbocycles. The molecule has 0 unspecified atom stereocenters. The van der Waals surface area contributed by atoms with Crippen molar-refractivity contribution in [2.75, 3.05) is 0 Å². The van der Waals surface area contributed by atoms with Crippen LogP contribution in [0.1, 0.15) is 6.92 Å². The molecule has 2 N–H and O–H groups in total. The third-order valence-corrected chi connectivity index (χ3v) is 0.738. The average molecular weight is 115 g/mol. The van der Waals surface area contributed by atoms with Gasteiger partial charge < -0.3 is 10.4 Å². The largest absolute Gasteiger partial charge is 0.480 e. The predicted octanol–water partition coefficient (Wildman–Crippen LogP) is 0.193. The maximum atomic E-state index is 9.98. The van der Waals surface area contributed by atoms with Crippen LogP contribution in [-0.2, 0) is 4.79 Å². The maximum absolute atomic E-state index is 9.98. The number of carboxylic acids is 1. The lowest BCUT2D eigenvalue weighted by Gasteiger charge is -2.02.